The van der Waals surface area contributed by atoms with E-state index in [2.05, 4.69) is 6.92 Å². The molecule has 0 unspecified atom stereocenters. The second kappa shape index (κ2) is 9.16. The van der Waals surface area contributed by atoms with Crippen molar-refractivity contribution in [3.63, 3.8) is 0 Å². The molecule has 0 aromatic heterocycles. The van der Waals surface area contributed by atoms with Gasteiger partial charge in [-0.2, -0.15) is 0 Å². The summed E-state index contributed by atoms with van der Waals surface area (Å²) in [6, 6.07) is 5.79. The van der Waals surface area contributed by atoms with Crippen LogP contribution in [0.1, 0.15) is 73.1 Å². The number of hydrogen-bond donors (Lipinski definition) is 1. The lowest BCUT2D eigenvalue weighted by molar-refractivity contribution is 0.0319. The minimum atomic E-state index is -1.00. The molecule has 1 atom stereocenters. The number of aromatic carboxylic acids is 1. The van der Waals surface area contributed by atoms with Crippen LogP contribution in [0.25, 0.3) is 0 Å². The maximum absolute atomic E-state index is 11.9. The number of carboxylic acids is 1. The molecule has 4 nitrogen and oxygen atoms in total. The zero-order chi connectivity index (χ0) is 15.7. The van der Waals surface area contributed by atoms with Crippen molar-refractivity contribution in [2.24, 2.45) is 0 Å². The Hall–Kier alpha value is -1.84. The highest BCUT2D eigenvalue weighted by atomic mass is 16.5. The van der Waals surface area contributed by atoms with Crippen LogP contribution in [0.3, 0.4) is 0 Å². The molecule has 1 aromatic rings. The number of carboxylic acid groups (broad SMARTS) is 1. The van der Waals surface area contributed by atoms with E-state index in [-0.39, 0.29) is 11.7 Å². The lowest BCUT2D eigenvalue weighted by Gasteiger charge is -2.13. The first-order valence-corrected chi connectivity index (χ1v) is 7.59. The first-order chi connectivity index (χ1) is 10.0. The van der Waals surface area contributed by atoms with Crippen molar-refractivity contribution in [1.82, 2.24) is 0 Å². The minimum Gasteiger partial charge on any atom is -0.478 e. The molecule has 0 aliphatic carbocycles. The zero-order valence-corrected chi connectivity index (χ0v) is 12.8. The molecule has 0 aliphatic heterocycles. The summed E-state index contributed by atoms with van der Waals surface area (Å²) in [6.07, 6.45) is 6.69. The van der Waals surface area contributed by atoms with Crippen molar-refractivity contribution < 1.29 is 19.4 Å². The Morgan fingerprint density at radius 3 is 2.19 bits per heavy atom. The van der Waals surface area contributed by atoms with E-state index in [4.69, 9.17) is 9.84 Å². The predicted molar refractivity (Wildman–Crippen MR) is 81.7 cm³/mol. The normalized spacial score (nSPS) is 11.9. The number of carbonyl (C=O) groups excluding carboxylic acids is 1. The summed E-state index contributed by atoms with van der Waals surface area (Å²) in [5, 5.41) is 8.80. The van der Waals surface area contributed by atoms with E-state index < -0.39 is 11.9 Å². The summed E-state index contributed by atoms with van der Waals surface area (Å²) in [7, 11) is 0. The number of rotatable bonds is 9. The third-order valence-electron chi connectivity index (χ3n) is 3.39. The molecule has 1 rings (SSSR count). The average molecular weight is 292 g/mol. The molecule has 21 heavy (non-hydrogen) atoms. The third-order valence-corrected chi connectivity index (χ3v) is 3.39. The second-order valence-electron chi connectivity index (χ2n) is 5.30. The first kappa shape index (κ1) is 17.2. The molecule has 0 amide bonds. The molecule has 0 aliphatic rings. The van der Waals surface area contributed by atoms with Gasteiger partial charge in [-0.05, 0) is 44.0 Å². The molecule has 1 aromatic carbocycles. The largest absolute Gasteiger partial charge is 0.478 e. The summed E-state index contributed by atoms with van der Waals surface area (Å²) in [5.74, 6) is -1.40. The van der Waals surface area contributed by atoms with E-state index in [1.807, 2.05) is 6.92 Å². The van der Waals surface area contributed by atoms with Crippen molar-refractivity contribution in [2.45, 2.75) is 58.5 Å². The Labute approximate surface area is 126 Å². The van der Waals surface area contributed by atoms with Gasteiger partial charge < -0.3 is 9.84 Å². The highest BCUT2D eigenvalue weighted by Crippen LogP contribution is 2.12. The van der Waals surface area contributed by atoms with Crippen LogP contribution in [0.4, 0.5) is 0 Å². The molecule has 0 spiro atoms. The van der Waals surface area contributed by atoms with Crippen LogP contribution in [0, 0.1) is 0 Å². The van der Waals surface area contributed by atoms with Crippen LogP contribution in [0.5, 0.6) is 0 Å². The molecule has 0 radical (unpaired) electrons. The molecular weight excluding hydrogens is 268 g/mol. The number of ether oxygens (including phenoxy) is 1. The quantitative estimate of drug-likeness (QED) is 0.544. The number of unbranched alkanes of at least 4 members (excludes halogenated alkanes) is 4. The molecule has 4 heteroatoms. The van der Waals surface area contributed by atoms with Gasteiger partial charge in [0.2, 0.25) is 0 Å². The Kier molecular flexibility index (Phi) is 7.51. The topological polar surface area (TPSA) is 63.6 Å². The van der Waals surface area contributed by atoms with Gasteiger partial charge in [-0.1, -0.05) is 32.6 Å². The number of hydrogen-bond acceptors (Lipinski definition) is 3. The zero-order valence-electron chi connectivity index (χ0n) is 12.8. The Balaban J connectivity index is 2.36. The minimum absolute atomic E-state index is 0.113. The molecule has 0 fully saturated rings. The van der Waals surface area contributed by atoms with Crippen molar-refractivity contribution >= 4 is 11.9 Å². The summed E-state index contributed by atoms with van der Waals surface area (Å²) in [6.45, 7) is 4.07. The van der Waals surface area contributed by atoms with Crippen LogP contribution in [-0.2, 0) is 4.74 Å². The first-order valence-electron chi connectivity index (χ1n) is 7.59. The maximum Gasteiger partial charge on any atom is 0.338 e. The van der Waals surface area contributed by atoms with Crippen LogP contribution >= 0.6 is 0 Å². The van der Waals surface area contributed by atoms with Crippen LogP contribution in [-0.4, -0.2) is 23.1 Å². The van der Waals surface area contributed by atoms with Gasteiger partial charge in [0.15, 0.2) is 0 Å². The number of esters is 1. The predicted octanol–water partition coefficient (Wildman–Crippen LogP) is 4.29. The molecule has 0 heterocycles. The van der Waals surface area contributed by atoms with E-state index in [1.54, 1.807) is 0 Å². The third kappa shape index (κ3) is 6.43. The number of carbonyl (C=O) groups is 2. The molecule has 0 bridgehead atoms. The van der Waals surface area contributed by atoms with E-state index in [0.29, 0.717) is 5.56 Å². The Morgan fingerprint density at radius 2 is 1.62 bits per heavy atom. The average Bonchev–Trinajstić information content (AvgIpc) is 2.47. The van der Waals surface area contributed by atoms with E-state index in [0.717, 1.165) is 12.8 Å². The summed E-state index contributed by atoms with van der Waals surface area (Å²) in [4.78, 5) is 22.6. The fraction of sp³-hybridized carbons (Fsp3) is 0.529. The molecular formula is C17H24O4. The fourth-order valence-corrected chi connectivity index (χ4v) is 2.09. The second-order valence-corrected chi connectivity index (χ2v) is 5.30. The summed E-state index contributed by atoms with van der Waals surface area (Å²) < 4.78 is 5.36. The molecule has 0 saturated heterocycles. The van der Waals surface area contributed by atoms with E-state index in [1.165, 1.54) is 49.9 Å². The van der Waals surface area contributed by atoms with Crippen molar-refractivity contribution in [1.29, 1.82) is 0 Å². The van der Waals surface area contributed by atoms with Crippen LogP contribution < -0.4 is 0 Å². The van der Waals surface area contributed by atoms with Crippen LogP contribution in [0.15, 0.2) is 24.3 Å². The smallest absolute Gasteiger partial charge is 0.338 e. The lowest BCUT2D eigenvalue weighted by Crippen LogP contribution is -2.15. The highest BCUT2D eigenvalue weighted by molar-refractivity contribution is 5.92. The van der Waals surface area contributed by atoms with Gasteiger partial charge in [0.1, 0.15) is 0 Å². The Bertz CT molecular complexity index is 450. The lowest BCUT2D eigenvalue weighted by atomic mass is 10.1. The van der Waals surface area contributed by atoms with Crippen molar-refractivity contribution in [3.8, 4) is 0 Å². The van der Waals surface area contributed by atoms with Gasteiger partial charge in [-0.15, -0.1) is 0 Å². The van der Waals surface area contributed by atoms with E-state index >= 15 is 0 Å². The van der Waals surface area contributed by atoms with Gasteiger partial charge in [-0.3, -0.25) is 0 Å². The standard InChI is InChI=1S/C17H24O4/c1-3-4-5-6-7-8-13(2)21-17(20)15-11-9-14(10-12-15)16(18)19/h9-13H,3-8H2,1-2H3,(H,18,19)/t13-/m1/s1. The van der Waals surface area contributed by atoms with Gasteiger partial charge in [0.05, 0.1) is 17.2 Å². The van der Waals surface area contributed by atoms with Gasteiger partial charge in [0.25, 0.3) is 0 Å². The highest BCUT2D eigenvalue weighted by Gasteiger charge is 2.12. The molecule has 1 N–H and O–H groups in total. The van der Waals surface area contributed by atoms with E-state index in [9.17, 15) is 9.59 Å². The number of benzene rings is 1. The van der Waals surface area contributed by atoms with Gasteiger partial charge >= 0.3 is 11.9 Å². The van der Waals surface area contributed by atoms with Crippen molar-refractivity contribution in [2.75, 3.05) is 0 Å². The maximum atomic E-state index is 11.9. The molecule has 116 valence electrons. The summed E-state index contributed by atoms with van der Waals surface area (Å²) >= 11 is 0. The van der Waals surface area contributed by atoms with Gasteiger partial charge in [-0.25, -0.2) is 9.59 Å². The summed E-state index contributed by atoms with van der Waals surface area (Å²) in [5.41, 5.74) is 0.549. The Morgan fingerprint density at radius 1 is 1.05 bits per heavy atom. The van der Waals surface area contributed by atoms with Crippen molar-refractivity contribution in [3.05, 3.63) is 35.4 Å². The van der Waals surface area contributed by atoms with Crippen LogP contribution in [0.2, 0.25) is 0 Å². The molecule has 0 saturated carbocycles. The van der Waals surface area contributed by atoms with Gasteiger partial charge in [0, 0.05) is 0 Å². The SMILES string of the molecule is CCCCCCC[C@@H](C)OC(=O)c1ccc(C(=O)O)cc1. The monoisotopic (exact) mass is 292 g/mol. The fourth-order valence-electron chi connectivity index (χ4n) is 2.09.